The van der Waals surface area contributed by atoms with E-state index in [0.29, 0.717) is 0 Å². The molecule has 1 aliphatic rings. The van der Waals surface area contributed by atoms with E-state index in [0.717, 1.165) is 64.6 Å². The number of thiazole rings is 2. The minimum absolute atomic E-state index is 0.0771. The summed E-state index contributed by atoms with van der Waals surface area (Å²) in [5.41, 5.74) is 5.82. The molecule has 0 spiro atoms. The van der Waals surface area contributed by atoms with Crippen molar-refractivity contribution in [2.75, 3.05) is 36.5 Å². The Morgan fingerprint density at radius 3 is 2.45 bits per heavy atom. The van der Waals surface area contributed by atoms with Crippen molar-refractivity contribution in [3.05, 3.63) is 70.5 Å². The Kier molecular flexibility index (Phi) is 6.48. The summed E-state index contributed by atoms with van der Waals surface area (Å²) < 4.78 is 5.42. The lowest BCUT2D eigenvalue weighted by Crippen LogP contribution is -2.36. The molecule has 168 valence electrons. The molecule has 1 aliphatic heterocycles. The normalized spacial score (nSPS) is 13.8. The van der Waals surface area contributed by atoms with Gasteiger partial charge in [-0.15, -0.1) is 22.7 Å². The minimum Gasteiger partial charge on any atom is -0.378 e. The molecular weight excluding hydrogens is 452 g/mol. The molecule has 1 N–H and O–H groups in total. The molecule has 2 aromatic carbocycles. The summed E-state index contributed by atoms with van der Waals surface area (Å²) in [6.45, 7) is 5.31. The van der Waals surface area contributed by atoms with Crippen LogP contribution in [-0.4, -0.2) is 42.2 Å². The number of carbonyl (C=O) groups excluding carboxylic acids is 1. The number of hydrogen-bond donors (Lipinski definition) is 1. The monoisotopic (exact) mass is 476 g/mol. The van der Waals surface area contributed by atoms with Crippen LogP contribution >= 0.6 is 22.7 Å². The molecule has 4 aromatic rings. The standard InChI is InChI=1S/C25H24N4O2S2/c1-17-2-4-19(5-3-17)24-27-21(15-32-24)14-23(30)26-20-8-6-18(7-9-20)22-16-33-25(28-22)29-10-12-31-13-11-29/h2-9,15-16H,10-14H2,1H3,(H,26,30). The first kappa shape index (κ1) is 21.8. The average Bonchev–Trinajstić information content (AvgIpc) is 3.51. The van der Waals surface area contributed by atoms with E-state index in [1.807, 2.05) is 29.6 Å². The molecule has 0 bridgehead atoms. The number of hydrogen-bond acceptors (Lipinski definition) is 7. The van der Waals surface area contributed by atoms with Gasteiger partial charge in [0.15, 0.2) is 5.13 Å². The molecule has 0 unspecified atom stereocenters. The maximum atomic E-state index is 12.5. The smallest absolute Gasteiger partial charge is 0.230 e. The van der Waals surface area contributed by atoms with E-state index in [-0.39, 0.29) is 12.3 Å². The molecule has 8 heteroatoms. The Hall–Kier alpha value is -3.07. The Morgan fingerprint density at radius 1 is 0.970 bits per heavy atom. The number of amides is 1. The fourth-order valence-electron chi connectivity index (χ4n) is 3.61. The van der Waals surface area contributed by atoms with Gasteiger partial charge >= 0.3 is 0 Å². The average molecular weight is 477 g/mol. The number of aryl methyl sites for hydroxylation is 1. The van der Waals surface area contributed by atoms with Gasteiger partial charge in [-0.05, 0) is 19.1 Å². The molecule has 5 rings (SSSR count). The molecule has 0 aliphatic carbocycles. The van der Waals surface area contributed by atoms with Crippen LogP contribution in [-0.2, 0) is 16.0 Å². The van der Waals surface area contributed by atoms with Gasteiger partial charge in [0.2, 0.25) is 5.91 Å². The van der Waals surface area contributed by atoms with Crippen LogP contribution in [0.25, 0.3) is 21.8 Å². The van der Waals surface area contributed by atoms with E-state index < -0.39 is 0 Å². The fraction of sp³-hybridized carbons (Fsp3) is 0.240. The number of nitrogens with one attached hydrogen (secondary N) is 1. The fourth-order valence-corrected chi connectivity index (χ4v) is 5.32. The number of morpholine rings is 1. The number of ether oxygens (including phenoxy) is 1. The van der Waals surface area contributed by atoms with Crippen molar-refractivity contribution in [3.8, 4) is 21.8 Å². The molecule has 0 saturated carbocycles. The zero-order valence-electron chi connectivity index (χ0n) is 18.3. The molecule has 0 radical (unpaired) electrons. The molecule has 1 saturated heterocycles. The van der Waals surface area contributed by atoms with Gasteiger partial charge in [0.1, 0.15) is 5.01 Å². The van der Waals surface area contributed by atoms with Crippen LogP contribution in [0.4, 0.5) is 10.8 Å². The Labute approximate surface area is 200 Å². The minimum atomic E-state index is -0.0771. The third-order valence-corrected chi connectivity index (χ3v) is 7.27. The number of rotatable bonds is 6. The van der Waals surface area contributed by atoms with Gasteiger partial charge in [-0.25, -0.2) is 9.97 Å². The first-order chi connectivity index (χ1) is 16.1. The third-order valence-electron chi connectivity index (χ3n) is 5.43. The number of carbonyl (C=O) groups is 1. The van der Waals surface area contributed by atoms with Crippen molar-refractivity contribution in [2.24, 2.45) is 0 Å². The van der Waals surface area contributed by atoms with Crippen LogP contribution in [0, 0.1) is 6.92 Å². The van der Waals surface area contributed by atoms with Crippen molar-refractivity contribution in [1.82, 2.24) is 9.97 Å². The highest BCUT2D eigenvalue weighted by atomic mass is 32.1. The van der Waals surface area contributed by atoms with Crippen molar-refractivity contribution < 1.29 is 9.53 Å². The van der Waals surface area contributed by atoms with Crippen LogP contribution in [0.15, 0.2) is 59.3 Å². The summed E-state index contributed by atoms with van der Waals surface area (Å²) >= 11 is 3.21. The van der Waals surface area contributed by atoms with Gasteiger partial charge in [0, 0.05) is 40.7 Å². The van der Waals surface area contributed by atoms with E-state index in [2.05, 4.69) is 51.8 Å². The van der Waals surface area contributed by atoms with Crippen LogP contribution in [0.5, 0.6) is 0 Å². The summed E-state index contributed by atoms with van der Waals surface area (Å²) in [6.07, 6.45) is 0.249. The summed E-state index contributed by atoms with van der Waals surface area (Å²) in [5.74, 6) is -0.0771. The van der Waals surface area contributed by atoms with E-state index in [1.54, 1.807) is 22.7 Å². The number of benzene rings is 2. The molecule has 6 nitrogen and oxygen atoms in total. The first-order valence-electron chi connectivity index (χ1n) is 10.8. The highest BCUT2D eigenvalue weighted by Gasteiger charge is 2.15. The van der Waals surface area contributed by atoms with Crippen LogP contribution in [0.3, 0.4) is 0 Å². The summed E-state index contributed by atoms with van der Waals surface area (Å²) in [6, 6.07) is 16.1. The van der Waals surface area contributed by atoms with Gasteiger partial charge < -0.3 is 15.0 Å². The zero-order chi connectivity index (χ0) is 22.6. The lowest BCUT2D eigenvalue weighted by Gasteiger charge is -2.26. The van der Waals surface area contributed by atoms with Crippen molar-refractivity contribution in [1.29, 1.82) is 0 Å². The largest absolute Gasteiger partial charge is 0.378 e. The van der Waals surface area contributed by atoms with E-state index >= 15 is 0 Å². The number of nitrogens with zero attached hydrogens (tertiary/aromatic N) is 3. The zero-order valence-corrected chi connectivity index (χ0v) is 19.9. The lowest BCUT2D eigenvalue weighted by atomic mass is 10.1. The lowest BCUT2D eigenvalue weighted by molar-refractivity contribution is -0.115. The Morgan fingerprint density at radius 2 is 1.70 bits per heavy atom. The van der Waals surface area contributed by atoms with Gasteiger partial charge in [-0.1, -0.05) is 42.0 Å². The molecule has 1 amide bonds. The van der Waals surface area contributed by atoms with Crippen LogP contribution in [0.2, 0.25) is 0 Å². The van der Waals surface area contributed by atoms with Crippen molar-refractivity contribution in [3.63, 3.8) is 0 Å². The van der Waals surface area contributed by atoms with Gasteiger partial charge in [0.25, 0.3) is 0 Å². The van der Waals surface area contributed by atoms with Crippen LogP contribution < -0.4 is 10.2 Å². The second kappa shape index (κ2) is 9.82. The SMILES string of the molecule is Cc1ccc(-c2nc(CC(=O)Nc3ccc(-c4csc(N5CCOCC5)n4)cc3)cs2)cc1. The van der Waals surface area contributed by atoms with Gasteiger partial charge in [0.05, 0.1) is 31.0 Å². The van der Waals surface area contributed by atoms with Gasteiger partial charge in [-0.3, -0.25) is 4.79 Å². The molecule has 0 atom stereocenters. The second-order valence-electron chi connectivity index (χ2n) is 7.93. The molecule has 2 aromatic heterocycles. The topological polar surface area (TPSA) is 67.4 Å². The highest BCUT2D eigenvalue weighted by Crippen LogP contribution is 2.29. The van der Waals surface area contributed by atoms with E-state index in [4.69, 9.17) is 9.72 Å². The summed E-state index contributed by atoms with van der Waals surface area (Å²) in [5, 5.41) is 8.95. The molecule has 3 heterocycles. The Bertz CT molecular complexity index is 1230. The van der Waals surface area contributed by atoms with Crippen molar-refractivity contribution in [2.45, 2.75) is 13.3 Å². The van der Waals surface area contributed by atoms with Gasteiger partial charge in [-0.2, -0.15) is 0 Å². The molecule has 1 fully saturated rings. The van der Waals surface area contributed by atoms with Crippen molar-refractivity contribution >= 4 is 39.4 Å². The van der Waals surface area contributed by atoms with E-state index in [9.17, 15) is 4.79 Å². The quantitative estimate of drug-likeness (QED) is 0.411. The summed E-state index contributed by atoms with van der Waals surface area (Å²) in [7, 11) is 0. The predicted octanol–water partition coefficient (Wildman–Crippen LogP) is 5.26. The Balaban J connectivity index is 1.19. The third kappa shape index (κ3) is 5.30. The first-order valence-corrected chi connectivity index (χ1v) is 12.6. The van der Waals surface area contributed by atoms with E-state index in [1.165, 1.54) is 5.56 Å². The maximum absolute atomic E-state index is 12.5. The highest BCUT2D eigenvalue weighted by molar-refractivity contribution is 7.14. The number of aromatic nitrogens is 2. The summed E-state index contributed by atoms with van der Waals surface area (Å²) in [4.78, 5) is 24.2. The van der Waals surface area contributed by atoms with Crippen LogP contribution in [0.1, 0.15) is 11.3 Å². The number of anilines is 2. The molecule has 33 heavy (non-hydrogen) atoms. The maximum Gasteiger partial charge on any atom is 0.230 e. The second-order valence-corrected chi connectivity index (χ2v) is 9.62. The molecular formula is C25H24N4O2S2. The predicted molar refractivity (Wildman–Crippen MR) is 135 cm³/mol.